The topological polar surface area (TPSA) is 98.7 Å². The van der Waals surface area contributed by atoms with Gasteiger partial charge in [-0.2, -0.15) is 11.8 Å². The predicted molar refractivity (Wildman–Crippen MR) is 80.6 cm³/mol. The summed E-state index contributed by atoms with van der Waals surface area (Å²) < 4.78 is 0. The minimum absolute atomic E-state index is 0.109. The average molecular weight is 310 g/mol. The SMILES string of the molecule is O=C(NC1CCSC1)NC(Cc1ccc(O)cc1)C(=O)O. The summed E-state index contributed by atoms with van der Waals surface area (Å²) in [6.07, 6.45) is 1.08. The van der Waals surface area contributed by atoms with Crippen LogP contribution in [0.4, 0.5) is 4.79 Å². The lowest BCUT2D eigenvalue weighted by molar-refractivity contribution is -0.139. The van der Waals surface area contributed by atoms with E-state index in [9.17, 15) is 19.8 Å². The number of hydrogen-bond donors (Lipinski definition) is 4. The van der Waals surface area contributed by atoms with Gasteiger partial charge < -0.3 is 20.8 Å². The van der Waals surface area contributed by atoms with Gasteiger partial charge in [-0.1, -0.05) is 12.1 Å². The molecule has 0 aliphatic carbocycles. The Morgan fingerprint density at radius 1 is 1.33 bits per heavy atom. The normalized spacial score (nSPS) is 19.0. The smallest absolute Gasteiger partial charge is 0.326 e. The third-order valence-corrected chi connectivity index (χ3v) is 4.41. The molecule has 1 saturated heterocycles. The molecule has 0 spiro atoms. The molecule has 6 nitrogen and oxygen atoms in total. The number of nitrogens with one attached hydrogen (secondary N) is 2. The Morgan fingerprint density at radius 3 is 2.62 bits per heavy atom. The van der Waals surface area contributed by atoms with Gasteiger partial charge in [0.05, 0.1) is 0 Å². The first-order valence-electron chi connectivity index (χ1n) is 6.70. The highest BCUT2D eigenvalue weighted by molar-refractivity contribution is 7.99. The molecule has 2 unspecified atom stereocenters. The molecule has 0 radical (unpaired) electrons. The summed E-state index contributed by atoms with van der Waals surface area (Å²) in [5.74, 6) is 0.915. The highest BCUT2D eigenvalue weighted by Crippen LogP contribution is 2.17. The van der Waals surface area contributed by atoms with Crippen LogP contribution in [-0.4, -0.2) is 45.8 Å². The summed E-state index contributed by atoms with van der Waals surface area (Å²) in [5.41, 5.74) is 0.733. The monoisotopic (exact) mass is 310 g/mol. The van der Waals surface area contributed by atoms with Gasteiger partial charge in [0.1, 0.15) is 11.8 Å². The first-order chi connectivity index (χ1) is 10.0. The van der Waals surface area contributed by atoms with Crippen molar-refractivity contribution in [3.63, 3.8) is 0 Å². The summed E-state index contributed by atoms with van der Waals surface area (Å²) in [5, 5.41) is 23.7. The predicted octanol–water partition coefficient (Wildman–Crippen LogP) is 1.19. The molecule has 1 heterocycles. The second-order valence-electron chi connectivity index (χ2n) is 4.94. The molecule has 21 heavy (non-hydrogen) atoms. The summed E-state index contributed by atoms with van der Waals surface area (Å²) >= 11 is 1.77. The quantitative estimate of drug-likeness (QED) is 0.655. The number of urea groups is 1. The highest BCUT2D eigenvalue weighted by Gasteiger charge is 2.23. The first kappa shape index (κ1) is 15.5. The fourth-order valence-electron chi connectivity index (χ4n) is 2.10. The third kappa shape index (κ3) is 4.86. The number of carboxylic acids is 1. The number of phenolic OH excluding ortho intramolecular Hbond substituents is 1. The van der Waals surface area contributed by atoms with Gasteiger partial charge in [-0.25, -0.2) is 9.59 Å². The van der Waals surface area contributed by atoms with Crippen LogP contribution in [0.15, 0.2) is 24.3 Å². The molecule has 1 aliphatic heterocycles. The Bertz CT molecular complexity index is 500. The van der Waals surface area contributed by atoms with E-state index in [1.54, 1.807) is 23.9 Å². The maximum atomic E-state index is 11.8. The molecule has 4 N–H and O–H groups in total. The second kappa shape index (κ2) is 7.21. The first-order valence-corrected chi connectivity index (χ1v) is 7.85. The largest absolute Gasteiger partial charge is 0.508 e. The van der Waals surface area contributed by atoms with E-state index >= 15 is 0 Å². The van der Waals surface area contributed by atoms with Gasteiger partial charge in [0, 0.05) is 18.2 Å². The highest BCUT2D eigenvalue weighted by atomic mass is 32.2. The minimum Gasteiger partial charge on any atom is -0.508 e. The van der Waals surface area contributed by atoms with Crippen LogP contribution in [-0.2, 0) is 11.2 Å². The number of hydrogen-bond acceptors (Lipinski definition) is 4. The van der Waals surface area contributed by atoms with Crippen LogP contribution in [0.3, 0.4) is 0 Å². The van der Waals surface area contributed by atoms with Crippen molar-refractivity contribution in [3.05, 3.63) is 29.8 Å². The molecule has 1 aromatic carbocycles. The molecule has 0 saturated carbocycles. The summed E-state index contributed by atoms with van der Waals surface area (Å²) in [6, 6.07) is 4.92. The van der Waals surface area contributed by atoms with E-state index in [0.717, 1.165) is 23.5 Å². The zero-order valence-electron chi connectivity index (χ0n) is 11.4. The summed E-state index contributed by atoms with van der Waals surface area (Å²) in [7, 11) is 0. The van der Waals surface area contributed by atoms with Crippen LogP contribution in [0.2, 0.25) is 0 Å². The maximum Gasteiger partial charge on any atom is 0.326 e. The fourth-order valence-corrected chi connectivity index (χ4v) is 3.25. The van der Waals surface area contributed by atoms with E-state index in [4.69, 9.17) is 0 Å². The zero-order valence-corrected chi connectivity index (χ0v) is 12.2. The number of carbonyl (C=O) groups excluding carboxylic acids is 1. The van der Waals surface area contributed by atoms with E-state index in [2.05, 4.69) is 10.6 Å². The number of thioether (sulfide) groups is 1. The number of amides is 2. The lowest BCUT2D eigenvalue weighted by atomic mass is 10.1. The van der Waals surface area contributed by atoms with Crippen LogP contribution in [0.25, 0.3) is 0 Å². The van der Waals surface area contributed by atoms with Crippen LogP contribution >= 0.6 is 11.8 Å². The molecular weight excluding hydrogens is 292 g/mol. The van der Waals surface area contributed by atoms with Gasteiger partial charge in [0.15, 0.2) is 0 Å². The maximum absolute atomic E-state index is 11.8. The third-order valence-electron chi connectivity index (χ3n) is 3.24. The Morgan fingerprint density at radius 2 is 2.05 bits per heavy atom. The zero-order chi connectivity index (χ0) is 15.2. The minimum atomic E-state index is -1.08. The van der Waals surface area contributed by atoms with Crippen molar-refractivity contribution in [2.24, 2.45) is 0 Å². The van der Waals surface area contributed by atoms with Gasteiger partial charge in [-0.15, -0.1) is 0 Å². The Kier molecular flexibility index (Phi) is 5.32. The van der Waals surface area contributed by atoms with Crippen molar-refractivity contribution >= 4 is 23.8 Å². The molecule has 1 aromatic rings. The number of carbonyl (C=O) groups is 2. The molecule has 1 aliphatic rings. The van der Waals surface area contributed by atoms with Crippen LogP contribution < -0.4 is 10.6 Å². The average Bonchev–Trinajstić information content (AvgIpc) is 2.93. The second-order valence-corrected chi connectivity index (χ2v) is 6.09. The summed E-state index contributed by atoms with van der Waals surface area (Å²) in [6.45, 7) is 0. The van der Waals surface area contributed by atoms with Gasteiger partial charge in [-0.05, 0) is 29.9 Å². The molecule has 114 valence electrons. The fraction of sp³-hybridized carbons (Fsp3) is 0.429. The van der Waals surface area contributed by atoms with Crippen LogP contribution in [0.5, 0.6) is 5.75 Å². The summed E-state index contributed by atoms with van der Waals surface area (Å²) in [4.78, 5) is 23.1. The lowest BCUT2D eigenvalue weighted by Gasteiger charge is -2.17. The molecule has 7 heteroatoms. The standard InChI is InChI=1S/C14H18N2O4S/c17-11-3-1-9(2-4-11)7-12(13(18)19)16-14(20)15-10-5-6-21-8-10/h1-4,10,12,17H,5-8H2,(H,18,19)(H2,15,16,20). The number of aliphatic carboxylic acids is 1. The molecule has 1 fully saturated rings. The number of rotatable bonds is 5. The number of carboxylic acid groups (broad SMARTS) is 1. The Hall–Kier alpha value is -1.89. The molecular formula is C14H18N2O4S. The molecule has 2 rings (SSSR count). The van der Waals surface area contributed by atoms with E-state index < -0.39 is 18.0 Å². The molecule has 2 atom stereocenters. The van der Waals surface area contributed by atoms with E-state index in [1.807, 2.05) is 0 Å². The van der Waals surface area contributed by atoms with E-state index in [1.165, 1.54) is 12.1 Å². The van der Waals surface area contributed by atoms with Crippen LogP contribution in [0.1, 0.15) is 12.0 Å². The van der Waals surface area contributed by atoms with Crippen molar-refractivity contribution in [1.29, 1.82) is 0 Å². The Balaban J connectivity index is 1.90. The van der Waals surface area contributed by atoms with Gasteiger partial charge in [-0.3, -0.25) is 0 Å². The van der Waals surface area contributed by atoms with Gasteiger partial charge in [0.2, 0.25) is 0 Å². The molecule has 0 bridgehead atoms. The number of phenols is 1. The van der Waals surface area contributed by atoms with Gasteiger partial charge >= 0.3 is 12.0 Å². The molecule has 2 amide bonds. The van der Waals surface area contributed by atoms with Gasteiger partial charge in [0.25, 0.3) is 0 Å². The van der Waals surface area contributed by atoms with Crippen molar-refractivity contribution in [3.8, 4) is 5.75 Å². The Labute approximate surface area is 126 Å². The van der Waals surface area contributed by atoms with Crippen LogP contribution in [0, 0.1) is 0 Å². The van der Waals surface area contributed by atoms with E-state index in [-0.39, 0.29) is 18.2 Å². The van der Waals surface area contributed by atoms with Crippen molar-refractivity contribution in [1.82, 2.24) is 10.6 Å². The van der Waals surface area contributed by atoms with Crippen molar-refractivity contribution in [2.45, 2.75) is 24.9 Å². The van der Waals surface area contributed by atoms with Crippen molar-refractivity contribution in [2.75, 3.05) is 11.5 Å². The van der Waals surface area contributed by atoms with Crippen molar-refractivity contribution < 1.29 is 19.8 Å². The number of benzene rings is 1. The molecule has 0 aromatic heterocycles. The number of aromatic hydroxyl groups is 1. The lowest BCUT2D eigenvalue weighted by Crippen LogP contribution is -2.49. The van der Waals surface area contributed by atoms with E-state index in [0.29, 0.717) is 0 Å².